The molecule has 1 aromatic carbocycles. The molecule has 0 aliphatic carbocycles. The molecule has 0 radical (unpaired) electrons. The van der Waals surface area contributed by atoms with Gasteiger partial charge in [-0.05, 0) is 18.1 Å². The van der Waals surface area contributed by atoms with Crippen molar-refractivity contribution in [2.75, 3.05) is 19.8 Å². The molecular formula is C14H18N2O. The normalized spacial score (nSPS) is 21.1. The number of hydrogen-bond donors (Lipinski definition) is 0. The molecule has 1 aromatic rings. The molecule has 0 amide bonds. The van der Waals surface area contributed by atoms with Gasteiger partial charge in [0.15, 0.2) is 0 Å². The minimum Gasteiger partial charge on any atom is -0.378 e. The molecule has 1 fully saturated rings. The van der Waals surface area contributed by atoms with E-state index >= 15 is 0 Å². The molecule has 17 heavy (non-hydrogen) atoms. The zero-order chi connectivity index (χ0) is 12.1. The highest BCUT2D eigenvalue weighted by Crippen LogP contribution is 2.16. The Bertz CT molecular complexity index is 411. The van der Waals surface area contributed by atoms with Crippen LogP contribution in [0.2, 0.25) is 0 Å². The third kappa shape index (κ3) is 2.85. The van der Waals surface area contributed by atoms with Gasteiger partial charge < -0.3 is 4.74 Å². The Morgan fingerprint density at radius 3 is 3.06 bits per heavy atom. The maximum absolute atomic E-state index is 9.08. The van der Waals surface area contributed by atoms with Gasteiger partial charge in [0.25, 0.3) is 0 Å². The first kappa shape index (κ1) is 12.1. The third-order valence-electron chi connectivity index (χ3n) is 3.33. The molecular weight excluding hydrogens is 212 g/mol. The first-order chi connectivity index (χ1) is 8.35. The molecule has 90 valence electrons. The van der Waals surface area contributed by atoms with Crippen LogP contribution in [0.25, 0.3) is 0 Å². The standard InChI is InChI=1S/C14H18N2O/c1-2-14-11-17-8-7-16(14)10-13-6-4-3-5-12(13)9-15/h3-6,14H,2,7-8,10-11H2,1H3. The molecule has 3 heteroatoms. The number of hydrogen-bond acceptors (Lipinski definition) is 3. The second-order valence-corrected chi connectivity index (χ2v) is 4.38. The van der Waals surface area contributed by atoms with Crippen LogP contribution < -0.4 is 0 Å². The molecule has 0 aromatic heterocycles. The van der Waals surface area contributed by atoms with Crippen molar-refractivity contribution >= 4 is 0 Å². The maximum atomic E-state index is 9.08. The smallest absolute Gasteiger partial charge is 0.0995 e. The van der Waals surface area contributed by atoms with E-state index < -0.39 is 0 Å². The van der Waals surface area contributed by atoms with E-state index in [-0.39, 0.29) is 0 Å². The lowest BCUT2D eigenvalue weighted by Crippen LogP contribution is -2.44. The highest BCUT2D eigenvalue weighted by Gasteiger charge is 2.21. The van der Waals surface area contributed by atoms with Crippen molar-refractivity contribution in [2.24, 2.45) is 0 Å². The van der Waals surface area contributed by atoms with Crippen molar-refractivity contribution in [3.05, 3.63) is 35.4 Å². The van der Waals surface area contributed by atoms with Gasteiger partial charge in [0, 0.05) is 19.1 Å². The van der Waals surface area contributed by atoms with Crippen molar-refractivity contribution in [1.82, 2.24) is 4.90 Å². The molecule has 0 N–H and O–H groups in total. The van der Waals surface area contributed by atoms with Crippen molar-refractivity contribution in [1.29, 1.82) is 5.26 Å². The third-order valence-corrected chi connectivity index (χ3v) is 3.33. The number of benzene rings is 1. The van der Waals surface area contributed by atoms with Crippen LogP contribution in [0.5, 0.6) is 0 Å². The lowest BCUT2D eigenvalue weighted by Gasteiger charge is -2.35. The maximum Gasteiger partial charge on any atom is 0.0995 e. The Kier molecular flexibility index (Phi) is 4.13. The Hall–Kier alpha value is -1.37. The van der Waals surface area contributed by atoms with Gasteiger partial charge in [0.05, 0.1) is 24.8 Å². The Balaban J connectivity index is 2.11. The molecule has 1 aliphatic rings. The van der Waals surface area contributed by atoms with Crippen molar-refractivity contribution in [3.8, 4) is 6.07 Å². The molecule has 0 bridgehead atoms. The summed E-state index contributed by atoms with van der Waals surface area (Å²) >= 11 is 0. The molecule has 1 heterocycles. The zero-order valence-electron chi connectivity index (χ0n) is 10.2. The van der Waals surface area contributed by atoms with Crippen LogP contribution in [0, 0.1) is 11.3 Å². The van der Waals surface area contributed by atoms with Gasteiger partial charge in [-0.1, -0.05) is 25.1 Å². The summed E-state index contributed by atoms with van der Waals surface area (Å²) in [6.07, 6.45) is 1.09. The quantitative estimate of drug-likeness (QED) is 0.798. The van der Waals surface area contributed by atoms with E-state index in [0.717, 1.165) is 43.9 Å². The lowest BCUT2D eigenvalue weighted by molar-refractivity contribution is -0.0127. The van der Waals surface area contributed by atoms with Gasteiger partial charge >= 0.3 is 0 Å². The van der Waals surface area contributed by atoms with Crippen LogP contribution >= 0.6 is 0 Å². The first-order valence-corrected chi connectivity index (χ1v) is 6.15. The number of nitriles is 1. The predicted molar refractivity (Wildman–Crippen MR) is 66.5 cm³/mol. The van der Waals surface area contributed by atoms with E-state index in [1.807, 2.05) is 24.3 Å². The average Bonchev–Trinajstić information content (AvgIpc) is 2.40. The summed E-state index contributed by atoms with van der Waals surface area (Å²) in [5.74, 6) is 0. The SMILES string of the molecule is CCC1COCCN1Cc1ccccc1C#N. The Morgan fingerprint density at radius 2 is 2.29 bits per heavy atom. The van der Waals surface area contributed by atoms with Crippen LogP contribution in [0.15, 0.2) is 24.3 Å². The second kappa shape index (κ2) is 5.81. The van der Waals surface area contributed by atoms with E-state index in [1.54, 1.807) is 0 Å². The summed E-state index contributed by atoms with van der Waals surface area (Å²) < 4.78 is 5.49. The topological polar surface area (TPSA) is 36.3 Å². The van der Waals surface area contributed by atoms with Gasteiger partial charge in [-0.15, -0.1) is 0 Å². The van der Waals surface area contributed by atoms with Crippen molar-refractivity contribution < 1.29 is 4.74 Å². The predicted octanol–water partition coefficient (Wildman–Crippen LogP) is 2.17. The van der Waals surface area contributed by atoms with E-state index in [9.17, 15) is 0 Å². The fraction of sp³-hybridized carbons (Fsp3) is 0.500. The minimum atomic E-state index is 0.482. The first-order valence-electron chi connectivity index (χ1n) is 6.15. The van der Waals surface area contributed by atoms with Gasteiger partial charge in [-0.2, -0.15) is 5.26 Å². The highest BCUT2D eigenvalue weighted by atomic mass is 16.5. The fourth-order valence-corrected chi connectivity index (χ4v) is 2.26. The number of rotatable bonds is 3. The molecule has 1 aliphatic heterocycles. The van der Waals surface area contributed by atoms with Crippen molar-refractivity contribution in [2.45, 2.75) is 25.9 Å². The molecule has 0 spiro atoms. The van der Waals surface area contributed by atoms with E-state index in [0.29, 0.717) is 6.04 Å². The minimum absolute atomic E-state index is 0.482. The van der Waals surface area contributed by atoms with Gasteiger partial charge in [0.2, 0.25) is 0 Å². The van der Waals surface area contributed by atoms with Crippen LogP contribution in [0.4, 0.5) is 0 Å². The highest BCUT2D eigenvalue weighted by molar-refractivity contribution is 5.37. The summed E-state index contributed by atoms with van der Waals surface area (Å²) in [5, 5.41) is 9.08. The Labute approximate surface area is 103 Å². The summed E-state index contributed by atoms with van der Waals surface area (Å²) in [4.78, 5) is 2.42. The summed E-state index contributed by atoms with van der Waals surface area (Å²) in [6.45, 7) is 5.60. The van der Waals surface area contributed by atoms with Gasteiger partial charge in [-0.25, -0.2) is 0 Å². The van der Waals surface area contributed by atoms with E-state index in [1.165, 1.54) is 0 Å². The van der Waals surface area contributed by atoms with Crippen LogP contribution in [-0.4, -0.2) is 30.7 Å². The van der Waals surface area contributed by atoms with Crippen LogP contribution in [-0.2, 0) is 11.3 Å². The summed E-state index contributed by atoms with van der Waals surface area (Å²) in [7, 11) is 0. The van der Waals surface area contributed by atoms with Gasteiger partial charge in [0.1, 0.15) is 0 Å². The molecule has 2 rings (SSSR count). The summed E-state index contributed by atoms with van der Waals surface area (Å²) in [5.41, 5.74) is 1.91. The van der Waals surface area contributed by atoms with Crippen LogP contribution in [0.1, 0.15) is 24.5 Å². The lowest BCUT2D eigenvalue weighted by atomic mass is 10.1. The molecule has 0 saturated carbocycles. The average molecular weight is 230 g/mol. The number of ether oxygens (including phenoxy) is 1. The summed E-state index contributed by atoms with van der Waals surface area (Å²) in [6, 6.07) is 10.6. The fourth-order valence-electron chi connectivity index (χ4n) is 2.26. The number of nitrogens with zero attached hydrogens (tertiary/aromatic N) is 2. The van der Waals surface area contributed by atoms with Crippen LogP contribution in [0.3, 0.4) is 0 Å². The number of morpholine rings is 1. The second-order valence-electron chi connectivity index (χ2n) is 4.38. The van der Waals surface area contributed by atoms with E-state index in [4.69, 9.17) is 10.00 Å². The molecule has 1 saturated heterocycles. The van der Waals surface area contributed by atoms with Crippen molar-refractivity contribution in [3.63, 3.8) is 0 Å². The van der Waals surface area contributed by atoms with E-state index in [2.05, 4.69) is 17.9 Å². The molecule has 3 nitrogen and oxygen atoms in total. The monoisotopic (exact) mass is 230 g/mol. The van der Waals surface area contributed by atoms with Gasteiger partial charge in [-0.3, -0.25) is 4.90 Å². The zero-order valence-corrected chi connectivity index (χ0v) is 10.2. The molecule has 1 atom stereocenters. The Morgan fingerprint density at radius 1 is 1.47 bits per heavy atom. The largest absolute Gasteiger partial charge is 0.378 e. The molecule has 1 unspecified atom stereocenters.